The van der Waals surface area contributed by atoms with Crippen LogP contribution in [0.3, 0.4) is 0 Å². The van der Waals surface area contributed by atoms with E-state index in [0.29, 0.717) is 5.92 Å². The van der Waals surface area contributed by atoms with Crippen LogP contribution < -0.4 is 0 Å². The van der Waals surface area contributed by atoms with E-state index in [1.807, 2.05) is 37.4 Å². The summed E-state index contributed by atoms with van der Waals surface area (Å²) in [4.78, 5) is 13.6. The van der Waals surface area contributed by atoms with Crippen molar-refractivity contribution in [2.45, 2.75) is 39.2 Å². The van der Waals surface area contributed by atoms with Crippen molar-refractivity contribution in [2.75, 3.05) is 25.1 Å². The number of nitrogens with zero attached hydrogens (tertiary/aromatic N) is 1. The van der Waals surface area contributed by atoms with Gasteiger partial charge in [0.15, 0.2) is 0 Å². The van der Waals surface area contributed by atoms with Crippen molar-refractivity contribution < 1.29 is 9.53 Å². The molecule has 94 valence electrons. The highest BCUT2D eigenvalue weighted by Crippen LogP contribution is 2.22. The second kappa shape index (κ2) is 5.80. The summed E-state index contributed by atoms with van der Waals surface area (Å²) in [6.45, 7) is 7.45. The Morgan fingerprint density at radius 2 is 2.19 bits per heavy atom. The quantitative estimate of drug-likeness (QED) is 0.765. The lowest BCUT2D eigenvalue weighted by Crippen LogP contribution is -2.35. The van der Waals surface area contributed by atoms with Crippen LogP contribution in [0.5, 0.6) is 0 Å². The lowest BCUT2D eigenvalue weighted by atomic mass is 10.1. The third-order valence-corrected chi connectivity index (χ3v) is 3.31. The van der Waals surface area contributed by atoms with E-state index in [4.69, 9.17) is 4.74 Å². The maximum absolute atomic E-state index is 11.8. The molecule has 1 rings (SSSR count). The summed E-state index contributed by atoms with van der Waals surface area (Å²) in [6.07, 6.45) is 4.31. The minimum Gasteiger partial charge on any atom is -0.444 e. The van der Waals surface area contributed by atoms with Gasteiger partial charge >= 0.3 is 6.09 Å². The van der Waals surface area contributed by atoms with Gasteiger partial charge in [0.05, 0.1) is 0 Å². The second-order valence-electron chi connectivity index (χ2n) is 5.36. The highest BCUT2D eigenvalue weighted by molar-refractivity contribution is 7.98. The first-order chi connectivity index (χ1) is 7.42. The molecule has 0 N–H and O–H groups in total. The average molecular weight is 245 g/mol. The van der Waals surface area contributed by atoms with E-state index in [2.05, 4.69) is 6.26 Å². The highest BCUT2D eigenvalue weighted by atomic mass is 32.2. The first-order valence-corrected chi connectivity index (χ1v) is 7.28. The average Bonchev–Trinajstić information content (AvgIpc) is 2.60. The summed E-state index contributed by atoms with van der Waals surface area (Å²) in [5.41, 5.74) is -0.381. The number of carbonyl (C=O) groups is 1. The van der Waals surface area contributed by atoms with Crippen LogP contribution in [0.15, 0.2) is 0 Å². The molecule has 0 spiro atoms. The predicted molar refractivity (Wildman–Crippen MR) is 68.9 cm³/mol. The second-order valence-corrected chi connectivity index (χ2v) is 6.35. The minimum atomic E-state index is -0.381. The molecule has 0 aromatic carbocycles. The highest BCUT2D eigenvalue weighted by Gasteiger charge is 2.29. The molecule has 1 aliphatic heterocycles. The van der Waals surface area contributed by atoms with Gasteiger partial charge in [-0.2, -0.15) is 11.8 Å². The summed E-state index contributed by atoms with van der Waals surface area (Å²) in [5, 5.41) is 0. The maximum Gasteiger partial charge on any atom is 0.410 e. The number of hydrogen-bond donors (Lipinski definition) is 0. The van der Waals surface area contributed by atoms with Crippen LogP contribution >= 0.6 is 11.8 Å². The lowest BCUT2D eigenvalue weighted by molar-refractivity contribution is 0.0288. The zero-order valence-corrected chi connectivity index (χ0v) is 11.6. The molecule has 1 unspecified atom stereocenters. The van der Waals surface area contributed by atoms with Gasteiger partial charge in [0.2, 0.25) is 0 Å². The molecule has 4 heteroatoms. The van der Waals surface area contributed by atoms with Gasteiger partial charge in [0, 0.05) is 13.1 Å². The number of amides is 1. The van der Waals surface area contributed by atoms with Crippen molar-refractivity contribution in [3.8, 4) is 0 Å². The van der Waals surface area contributed by atoms with Crippen LogP contribution in [0.25, 0.3) is 0 Å². The smallest absolute Gasteiger partial charge is 0.410 e. The molecule has 1 fully saturated rings. The molecule has 1 aliphatic rings. The number of rotatable bonds is 3. The minimum absolute atomic E-state index is 0.154. The Balaban J connectivity index is 2.32. The van der Waals surface area contributed by atoms with Crippen molar-refractivity contribution in [3.05, 3.63) is 0 Å². The largest absolute Gasteiger partial charge is 0.444 e. The molecule has 0 bridgehead atoms. The molecular formula is C12H23NO2S. The summed E-state index contributed by atoms with van der Waals surface area (Å²) in [5.74, 6) is 1.85. The first kappa shape index (κ1) is 13.7. The number of likely N-dealkylation sites (tertiary alicyclic amines) is 1. The SMILES string of the molecule is CSCCC1CCN(C(=O)OC(C)(C)C)C1. The monoisotopic (exact) mass is 245 g/mol. The molecule has 1 amide bonds. The van der Waals surface area contributed by atoms with Crippen molar-refractivity contribution in [2.24, 2.45) is 5.92 Å². The standard InChI is InChI=1S/C12H23NO2S/c1-12(2,3)15-11(14)13-7-5-10(9-13)6-8-16-4/h10H,5-9H2,1-4H3. The lowest BCUT2D eigenvalue weighted by Gasteiger charge is -2.24. The van der Waals surface area contributed by atoms with Crippen molar-refractivity contribution in [1.82, 2.24) is 4.90 Å². The van der Waals surface area contributed by atoms with Gasteiger partial charge in [-0.05, 0) is 51.5 Å². The molecule has 0 aliphatic carbocycles. The molecular weight excluding hydrogens is 222 g/mol. The van der Waals surface area contributed by atoms with Gasteiger partial charge in [0.25, 0.3) is 0 Å². The Morgan fingerprint density at radius 3 is 2.75 bits per heavy atom. The summed E-state index contributed by atoms with van der Waals surface area (Å²) < 4.78 is 5.36. The van der Waals surface area contributed by atoms with Gasteiger partial charge < -0.3 is 9.64 Å². The molecule has 0 aromatic rings. The van der Waals surface area contributed by atoms with Crippen LogP contribution in [-0.2, 0) is 4.74 Å². The fraction of sp³-hybridized carbons (Fsp3) is 0.917. The topological polar surface area (TPSA) is 29.5 Å². The Bertz CT molecular complexity index is 238. The van der Waals surface area contributed by atoms with E-state index in [-0.39, 0.29) is 11.7 Å². The van der Waals surface area contributed by atoms with Crippen molar-refractivity contribution in [1.29, 1.82) is 0 Å². The molecule has 3 nitrogen and oxygen atoms in total. The van der Waals surface area contributed by atoms with Gasteiger partial charge in [-0.25, -0.2) is 4.79 Å². The van der Waals surface area contributed by atoms with E-state index in [0.717, 1.165) is 19.5 Å². The Labute approximate surface area is 103 Å². The maximum atomic E-state index is 11.8. The van der Waals surface area contributed by atoms with Crippen LogP contribution in [0.1, 0.15) is 33.6 Å². The van der Waals surface area contributed by atoms with Crippen LogP contribution in [-0.4, -0.2) is 41.7 Å². The summed E-state index contributed by atoms with van der Waals surface area (Å²) >= 11 is 1.87. The molecule has 0 saturated carbocycles. The third-order valence-electron chi connectivity index (χ3n) is 2.67. The Hall–Kier alpha value is -0.380. The Morgan fingerprint density at radius 1 is 1.50 bits per heavy atom. The van der Waals surface area contributed by atoms with Gasteiger partial charge in [-0.3, -0.25) is 0 Å². The summed E-state index contributed by atoms with van der Waals surface area (Å²) in [7, 11) is 0. The van der Waals surface area contributed by atoms with Gasteiger partial charge in [0.1, 0.15) is 5.60 Å². The summed E-state index contributed by atoms with van der Waals surface area (Å²) in [6, 6.07) is 0. The molecule has 1 atom stereocenters. The zero-order chi connectivity index (χ0) is 12.2. The fourth-order valence-electron chi connectivity index (χ4n) is 1.85. The molecule has 1 saturated heterocycles. The van der Waals surface area contributed by atoms with E-state index in [9.17, 15) is 4.79 Å². The van der Waals surface area contributed by atoms with E-state index < -0.39 is 0 Å². The molecule has 0 radical (unpaired) electrons. The van der Waals surface area contributed by atoms with Crippen molar-refractivity contribution in [3.63, 3.8) is 0 Å². The molecule has 16 heavy (non-hydrogen) atoms. The zero-order valence-electron chi connectivity index (χ0n) is 10.8. The number of hydrogen-bond acceptors (Lipinski definition) is 3. The number of thioether (sulfide) groups is 1. The van der Waals surface area contributed by atoms with Gasteiger partial charge in [-0.15, -0.1) is 0 Å². The Kier molecular flexibility index (Phi) is 4.96. The van der Waals surface area contributed by atoms with Crippen LogP contribution in [0.2, 0.25) is 0 Å². The normalized spacial score (nSPS) is 21.2. The number of ether oxygens (including phenoxy) is 1. The predicted octanol–water partition coefficient (Wildman–Crippen LogP) is 3.00. The molecule has 1 heterocycles. The third kappa shape index (κ3) is 4.64. The van der Waals surface area contributed by atoms with E-state index in [1.165, 1.54) is 12.2 Å². The fourth-order valence-corrected chi connectivity index (χ4v) is 2.41. The van der Waals surface area contributed by atoms with Crippen LogP contribution in [0, 0.1) is 5.92 Å². The van der Waals surface area contributed by atoms with Gasteiger partial charge in [-0.1, -0.05) is 0 Å². The van der Waals surface area contributed by atoms with Crippen molar-refractivity contribution >= 4 is 17.9 Å². The van der Waals surface area contributed by atoms with Crippen LogP contribution in [0.4, 0.5) is 4.79 Å². The first-order valence-electron chi connectivity index (χ1n) is 5.89. The molecule has 0 aromatic heterocycles. The van der Waals surface area contributed by atoms with E-state index >= 15 is 0 Å². The van der Waals surface area contributed by atoms with E-state index in [1.54, 1.807) is 0 Å². The number of carbonyl (C=O) groups excluding carboxylic acids is 1.